The highest BCUT2D eigenvalue weighted by Crippen LogP contribution is 2.10. The molecule has 0 aliphatic carbocycles. The van der Waals surface area contributed by atoms with Gasteiger partial charge in [-0.25, -0.2) is 4.79 Å². The monoisotopic (exact) mass is 233 g/mol. The molecule has 3 amide bonds. The fourth-order valence-corrected chi connectivity index (χ4v) is 1.73. The standard InChI is InChI=1S/C9H19N3O2S/c1-3-11-9(14)12-8(13)7(2)15-6-4-5-10/h7H,3-6,10H2,1-2H3,(H2,11,12,13,14). The first-order valence-electron chi connectivity index (χ1n) is 5.02. The van der Waals surface area contributed by atoms with Crippen molar-refractivity contribution in [2.45, 2.75) is 25.5 Å². The molecule has 88 valence electrons. The Hall–Kier alpha value is -0.750. The zero-order chi connectivity index (χ0) is 11.7. The van der Waals surface area contributed by atoms with Crippen molar-refractivity contribution in [2.75, 3.05) is 18.8 Å². The Morgan fingerprint density at radius 1 is 1.47 bits per heavy atom. The molecule has 0 aromatic rings. The second-order valence-corrected chi connectivity index (χ2v) is 4.45. The second-order valence-electron chi connectivity index (χ2n) is 3.00. The van der Waals surface area contributed by atoms with Crippen LogP contribution in [0.1, 0.15) is 20.3 Å². The van der Waals surface area contributed by atoms with E-state index in [1.807, 2.05) is 0 Å². The lowest BCUT2D eigenvalue weighted by molar-refractivity contribution is -0.119. The predicted octanol–water partition coefficient (Wildman–Crippen LogP) is 0.303. The van der Waals surface area contributed by atoms with Crippen LogP contribution in [0.25, 0.3) is 0 Å². The topological polar surface area (TPSA) is 84.2 Å². The summed E-state index contributed by atoms with van der Waals surface area (Å²) in [4.78, 5) is 22.4. The van der Waals surface area contributed by atoms with Crippen molar-refractivity contribution in [3.63, 3.8) is 0 Å². The van der Waals surface area contributed by atoms with Gasteiger partial charge in [0.2, 0.25) is 5.91 Å². The number of rotatable bonds is 6. The lowest BCUT2D eigenvalue weighted by atomic mass is 10.4. The van der Waals surface area contributed by atoms with E-state index in [1.165, 1.54) is 11.8 Å². The fourth-order valence-electron chi connectivity index (χ4n) is 0.837. The Bertz CT molecular complexity index is 212. The first-order valence-corrected chi connectivity index (χ1v) is 6.07. The molecule has 0 radical (unpaired) electrons. The molecule has 0 saturated heterocycles. The van der Waals surface area contributed by atoms with E-state index < -0.39 is 6.03 Å². The Kier molecular flexibility index (Phi) is 8.12. The van der Waals surface area contributed by atoms with Gasteiger partial charge in [-0.1, -0.05) is 0 Å². The predicted molar refractivity (Wildman–Crippen MR) is 62.8 cm³/mol. The summed E-state index contributed by atoms with van der Waals surface area (Å²) in [5.74, 6) is 0.573. The van der Waals surface area contributed by atoms with Crippen molar-refractivity contribution in [3.8, 4) is 0 Å². The highest BCUT2D eigenvalue weighted by molar-refractivity contribution is 8.00. The molecular weight excluding hydrogens is 214 g/mol. The molecule has 0 aromatic heterocycles. The molecule has 0 aliphatic rings. The summed E-state index contributed by atoms with van der Waals surface area (Å²) < 4.78 is 0. The van der Waals surface area contributed by atoms with E-state index in [0.717, 1.165) is 12.2 Å². The lowest BCUT2D eigenvalue weighted by Gasteiger charge is -2.10. The molecule has 0 spiro atoms. The van der Waals surface area contributed by atoms with E-state index in [1.54, 1.807) is 13.8 Å². The third kappa shape index (κ3) is 7.21. The van der Waals surface area contributed by atoms with Gasteiger partial charge in [0, 0.05) is 6.54 Å². The number of nitrogens with one attached hydrogen (secondary N) is 2. The first-order chi connectivity index (χ1) is 7.11. The van der Waals surface area contributed by atoms with Gasteiger partial charge in [-0.05, 0) is 32.6 Å². The number of carbonyl (C=O) groups excluding carboxylic acids is 2. The number of hydrogen-bond acceptors (Lipinski definition) is 4. The average molecular weight is 233 g/mol. The third-order valence-corrected chi connectivity index (χ3v) is 2.90. The molecule has 0 fully saturated rings. The molecular formula is C9H19N3O2S. The van der Waals surface area contributed by atoms with Gasteiger partial charge in [0.1, 0.15) is 0 Å². The molecule has 0 aliphatic heterocycles. The lowest BCUT2D eigenvalue weighted by Crippen LogP contribution is -2.42. The van der Waals surface area contributed by atoms with Crippen LogP contribution in [0.3, 0.4) is 0 Å². The van der Waals surface area contributed by atoms with Gasteiger partial charge in [-0.2, -0.15) is 0 Å². The maximum atomic E-state index is 11.4. The third-order valence-electron chi connectivity index (χ3n) is 1.66. The SMILES string of the molecule is CCNC(=O)NC(=O)C(C)SCCCN. The molecule has 1 unspecified atom stereocenters. The number of hydrogen-bond donors (Lipinski definition) is 3. The molecule has 4 N–H and O–H groups in total. The number of thioether (sulfide) groups is 1. The van der Waals surface area contributed by atoms with Crippen molar-refractivity contribution in [2.24, 2.45) is 5.73 Å². The van der Waals surface area contributed by atoms with E-state index >= 15 is 0 Å². The van der Waals surface area contributed by atoms with Crippen LogP contribution in [-0.4, -0.2) is 36.0 Å². The van der Waals surface area contributed by atoms with E-state index in [2.05, 4.69) is 10.6 Å². The van der Waals surface area contributed by atoms with Crippen molar-refractivity contribution < 1.29 is 9.59 Å². The maximum absolute atomic E-state index is 11.4. The summed E-state index contributed by atoms with van der Waals surface area (Å²) in [5.41, 5.74) is 5.33. The highest BCUT2D eigenvalue weighted by atomic mass is 32.2. The van der Waals surface area contributed by atoms with Crippen LogP contribution < -0.4 is 16.4 Å². The molecule has 1 atom stereocenters. The van der Waals surface area contributed by atoms with Gasteiger partial charge in [0.15, 0.2) is 0 Å². The van der Waals surface area contributed by atoms with Gasteiger partial charge in [0.25, 0.3) is 0 Å². The summed E-state index contributed by atoms with van der Waals surface area (Å²) in [7, 11) is 0. The van der Waals surface area contributed by atoms with E-state index in [4.69, 9.17) is 5.73 Å². The van der Waals surface area contributed by atoms with Gasteiger partial charge in [-0.3, -0.25) is 10.1 Å². The summed E-state index contributed by atoms with van der Waals surface area (Å²) >= 11 is 1.50. The van der Waals surface area contributed by atoms with Crippen LogP contribution in [0.5, 0.6) is 0 Å². The molecule has 0 saturated carbocycles. The van der Waals surface area contributed by atoms with Crippen LogP contribution in [0.15, 0.2) is 0 Å². The molecule has 0 heterocycles. The fraction of sp³-hybridized carbons (Fsp3) is 0.778. The number of urea groups is 1. The van der Waals surface area contributed by atoms with Crippen LogP contribution >= 0.6 is 11.8 Å². The summed E-state index contributed by atoms with van der Waals surface area (Å²) in [5, 5.41) is 4.54. The Morgan fingerprint density at radius 3 is 2.67 bits per heavy atom. The highest BCUT2D eigenvalue weighted by Gasteiger charge is 2.14. The Labute approximate surface area is 94.5 Å². The minimum absolute atomic E-state index is 0.223. The molecule has 6 heteroatoms. The quantitative estimate of drug-likeness (QED) is 0.576. The van der Waals surface area contributed by atoms with Crippen LogP contribution in [0.4, 0.5) is 4.79 Å². The summed E-state index contributed by atoms with van der Waals surface area (Å²) in [6, 6.07) is -0.436. The van der Waals surface area contributed by atoms with Crippen molar-refractivity contribution in [3.05, 3.63) is 0 Å². The van der Waals surface area contributed by atoms with E-state index in [0.29, 0.717) is 13.1 Å². The maximum Gasteiger partial charge on any atom is 0.321 e. The van der Waals surface area contributed by atoms with Crippen LogP contribution in [0, 0.1) is 0 Å². The number of nitrogens with two attached hydrogens (primary N) is 1. The minimum Gasteiger partial charge on any atom is -0.338 e. The Balaban J connectivity index is 3.73. The van der Waals surface area contributed by atoms with Crippen molar-refractivity contribution >= 4 is 23.7 Å². The number of amides is 3. The molecule has 0 bridgehead atoms. The Morgan fingerprint density at radius 2 is 2.13 bits per heavy atom. The van der Waals surface area contributed by atoms with Crippen LogP contribution in [-0.2, 0) is 4.79 Å². The van der Waals surface area contributed by atoms with E-state index in [-0.39, 0.29) is 11.2 Å². The smallest absolute Gasteiger partial charge is 0.321 e. The van der Waals surface area contributed by atoms with Crippen molar-refractivity contribution in [1.29, 1.82) is 0 Å². The zero-order valence-electron chi connectivity index (χ0n) is 9.21. The molecule has 0 rings (SSSR count). The van der Waals surface area contributed by atoms with Crippen LogP contribution in [0.2, 0.25) is 0 Å². The molecule has 0 aromatic carbocycles. The molecule has 15 heavy (non-hydrogen) atoms. The summed E-state index contributed by atoms with van der Waals surface area (Å²) in [6.45, 7) is 4.70. The van der Waals surface area contributed by atoms with E-state index in [9.17, 15) is 9.59 Å². The van der Waals surface area contributed by atoms with Crippen molar-refractivity contribution in [1.82, 2.24) is 10.6 Å². The van der Waals surface area contributed by atoms with Gasteiger partial charge in [-0.15, -0.1) is 11.8 Å². The molecule has 5 nitrogen and oxygen atoms in total. The first kappa shape index (κ1) is 14.2. The second kappa shape index (κ2) is 8.55. The zero-order valence-corrected chi connectivity index (χ0v) is 10.0. The normalized spacial score (nSPS) is 11.9. The summed E-state index contributed by atoms with van der Waals surface area (Å²) in [6.07, 6.45) is 0.878. The van der Waals surface area contributed by atoms with Gasteiger partial charge < -0.3 is 11.1 Å². The minimum atomic E-state index is -0.436. The average Bonchev–Trinajstić information content (AvgIpc) is 2.18. The largest absolute Gasteiger partial charge is 0.338 e. The van der Waals surface area contributed by atoms with Gasteiger partial charge in [0.05, 0.1) is 5.25 Å². The number of carbonyl (C=O) groups is 2. The number of imide groups is 1. The van der Waals surface area contributed by atoms with Gasteiger partial charge >= 0.3 is 6.03 Å².